The van der Waals surface area contributed by atoms with Crippen molar-refractivity contribution in [3.05, 3.63) is 65.2 Å². The highest BCUT2D eigenvalue weighted by atomic mass is 16.4. The van der Waals surface area contributed by atoms with Crippen LogP contribution < -0.4 is 4.90 Å². The summed E-state index contributed by atoms with van der Waals surface area (Å²) in [5.74, 6) is -1.83. The lowest BCUT2D eigenvalue weighted by molar-refractivity contribution is -0.140. The minimum Gasteiger partial charge on any atom is -0.481 e. The molecule has 5 heteroatoms. The summed E-state index contributed by atoms with van der Waals surface area (Å²) >= 11 is 0. The predicted octanol–water partition coefficient (Wildman–Crippen LogP) is 3.53. The lowest BCUT2D eigenvalue weighted by Gasteiger charge is -2.43. The molecule has 1 amide bonds. The Hall–Kier alpha value is -2.82. The number of benzene rings is 2. The third kappa shape index (κ3) is 2.94. The highest BCUT2D eigenvalue weighted by Gasteiger charge is 2.45. The van der Waals surface area contributed by atoms with Crippen molar-refractivity contribution in [2.75, 3.05) is 19.0 Å². The van der Waals surface area contributed by atoms with Gasteiger partial charge in [0, 0.05) is 31.4 Å². The van der Waals surface area contributed by atoms with E-state index in [1.54, 1.807) is 29.2 Å². The van der Waals surface area contributed by atoms with Gasteiger partial charge in [0.25, 0.3) is 5.91 Å². The van der Waals surface area contributed by atoms with E-state index in [1.807, 2.05) is 57.1 Å². The van der Waals surface area contributed by atoms with E-state index in [1.165, 1.54) is 0 Å². The third-order valence-electron chi connectivity index (χ3n) is 4.95. The van der Waals surface area contributed by atoms with Gasteiger partial charge in [-0.3, -0.25) is 9.59 Å². The van der Waals surface area contributed by atoms with Crippen molar-refractivity contribution in [3.8, 4) is 0 Å². The Morgan fingerprint density at radius 2 is 1.69 bits per heavy atom. The van der Waals surface area contributed by atoms with Gasteiger partial charge in [-0.2, -0.15) is 0 Å². The van der Waals surface area contributed by atoms with Crippen molar-refractivity contribution in [1.82, 2.24) is 4.90 Å². The molecule has 2 aromatic rings. The first-order valence-electron chi connectivity index (χ1n) is 8.74. The van der Waals surface area contributed by atoms with Crippen molar-refractivity contribution in [3.63, 3.8) is 0 Å². The van der Waals surface area contributed by atoms with Gasteiger partial charge in [-0.25, -0.2) is 0 Å². The lowest BCUT2D eigenvalue weighted by Crippen LogP contribution is -2.48. The number of aliphatic carboxylic acids is 1. The van der Waals surface area contributed by atoms with E-state index >= 15 is 0 Å². The fourth-order valence-corrected chi connectivity index (χ4v) is 3.71. The van der Waals surface area contributed by atoms with Crippen LogP contribution in [0.15, 0.2) is 48.5 Å². The van der Waals surface area contributed by atoms with Crippen LogP contribution in [0.2, 0.25) is 0 Å². The Bertz CT molecular complexity index is 827. The Balaban J connectivity index is 2.18. The molecule has 0 saturated heterocycles. The van der Waals surface area contributed by atoms with Crippen LogP contribution in [0.4, 0.5) is 5.69 Å². The minimum absolute atomic E-state index is 0.115. The van der Waals surface area contributed by atoms with E-state index in [2.05, 4.69) is 0 Å². The lowest BCUT2D eigenvalue weighted by atomic mass is 9.79. The summed E-state index contributed by atoms with van der Waals surface area (Å²) in [5, 5.41) is 10.00. The molecular weight excluding hydrogens is 328 g/mol. The first-order valence-corrected chi connectivity index (χ1v) is 8.74. The second kappa shape index (κ2) is 6.83. The fraction of sp³-hybridized carbons (Fsp3) is 0.333. The second-order valence-electron chi connectivity index (χ2n) is 7.14. The quantitative estimate of drug-likeness (QED) is 0.914. The van der Waals surface area contributed by atoms with Crippen LogP contribution >= 0.6 is 0 Å². The molecule has 3 rings (SSSR count). The molecule has 1 N–H and O–H groups in total. The number of anilines is 1. The summed E-state index contributed by atoms with van der Waals surface area (Å²) < 4.78 is 0. The van der Waals surface area contributed by atoms with Gasteiger partial charge in [0.2, 0.25) is 0 Å². The molecule has 0 aliphatic carbocycles. The van der Waals surface area contributed by atoms with E-state index in [4.69, 9.17) is 0 Å². The maximum absolute atomic E-state index is 13.1. The largest absolute Gasteiger partial charge is 0.481 e. The average Bonchev–Trinajstić information content (AvgIpc) is 2.61. The molecule has 0 fully saturated rings. The molecule has 5 nitrogen and oxygen atoms in total. The van der Waals surface area contributed by atoms with E-state index in [9.17, 15) is 14.7 Å². The zero-order chi connectivity index (χ0) is 19.0. The van der Waals surface area contributed by atoms with E-state index in [0.29, 0.717) is 11.1 Å². The van der Waals surface area contributed by atoms with Crippen molar-refractivity contribution in [2.45, 2.75) is 31.8 Å². The Morgan fingerprint density at radius 1 is 1.08 bits per heavy atom. The van der Waals surface area contributed by atoms with Gasteiger partial charge in [-0.15, -0.1) is 0 Å². The van der Waals surface area contributed by atoms with E-state index in [0.717, 1.165) is 11.3 Å². The SMILES string of the molecule is CC(C)N1C(=O)c2ccccc2[C@@H](C(=O)O)[C@H]1c1ccc(N(C)C)cc1. The number of carbonyl (C=O) groups excluding carboxylic acids is 1. The van der Waals surface area contributed by atoms with E-state index < -0.39 is 17.9 Å². The number of nitrogens with zero attached hydrogens (tertiary/aromatic N) is 2. The molecule has 0 unspecified atom stereocenters. The smallest absolute Gasteiger partial charge is 0.313 e. The summed E-state index contributed by atoms with van der Waals surface area (Å²) in [6.07, 6.45) is 0. The molecule has 0 aromatic heterocycles. The summed E-state index contributed by atoms with van der Waals surface area (Å²) in [7, 11) is 3.91. The molecule has 1 aliphatic heterocycles. The molecule has 1 heterocycles. The van der Waals surface area contributed by atoms with Crippen LogP contribution in [0.3, 0.4) is 0 Å². The fourth-order valence-electron chi connectivity index (χ4n) is 3.71. The number of hydrogen-bond acceptors (Lipinski definition) is 3. The van der Waals surface area contributed by atoms with Crippen molar-refractivity contribution in [1.29, 1.82) is 0 Å². The standard InChI is InChI=1S/C21H24N2O3/c1-13(2)23-19(14-9-11-15(12-10-14)22(3)4)18(21(25)26)16-7-5-6-8-17(16)20(23)24/h5-13,18-19H,1-4H3,(H,25,26)/t18-,19-/m1/s1. The van der Waals surface area contributed by atoms with Crippen LogP contribution in [-0.2, 0) is 4.79 Å². The van der Waals surface area contributed by atoms with Gasteiger partial charge in [0.05, 0.1) is 6.04 Å². The topological polar surface area (TPSA) is 60.9 Å². The summed E-state index contributed by atoms with van der Waals surface area (Å²) in [6, 6.07) is 14.1. The van der Waals surface area contributed by atoms with Crippen molar-refractivity contribution in [2.24, 2.45) is 0 Å². The average molecular weight is 352 g/mol. The van der Waals surface area contributed by atoms with Crippen LogP contribution in [0, 0.1) is 0 Å². The maximum atomic E-state index is 13.1. The minimum atomic E-state index is -0.919. The molecule has 2 atom stereocenters. The molecule has 26 heavy (non-hydrogen) atoms. The number of carboxylic acids is 1. The summed E-state index contributed by atoms with van der Waals surface area (Å²) in [4.78, 5) is 29.0. The Labute approximate surface area is 153 Å². The van der Waals surface area contributed by atoms with Gasteiger partial charge in [0.1, 0.15) is 5.92 Å². The normalized spacial score (nSPS) is 19.4. The van der Waals surface area contributed by atoms with Gasteiger partial charge in [-0.05, 0) is 43.2 Å². The second-order valence-corrected chi connectivity index (χ2v) is 7.14. The molecule has 0 saturated carbocycles. The third-order valence-corrected chi connectivity index (χ3v) is 4.95. The Morgan fingerprint density at radius 3 is 2.23 bits per heavy atom. The molecule has 2 aromatic carbocycles. The van der Waals surface area contributed by atoms with Crippen LogP contribution in [0.25, 0.3) is 0 Å². The molecule has 0 bridgehead atoms. The maximum Gasteiger partial charge on any atom is 0.313 e. The first-order chi connectivity index (χ1) is 12.3. The summed E-state index contributed by atoms with van der Waals surface area (Å²) in [6.45, 7) is 3.85. The number of hydrogen-bond donors (Lipinski definition) is 1. The zero-order valence-electron chi connectivity index (χ0n) is 15.5. The Kier molecular flexibility index (Phi) is 4.72. The number of rotatable bonds is 4. The van der Waals surface area contributed by atoms with Crippen LogP contribution in [0.1, 0.15) is 47.3 Å². The predicted molar refractivity (Wildman–Crippen MR) is 102 cm³/mol. The number of carboxylic acid groups (broad SMARTS) is 1. The van der Waals surface area contributed by atoms with Crippen LogP contribution in [-0.4, -0.2) is 42.0 Å². The van der Waals surface area contributed by atoms with Crippen LogP contribution in [0.5, 0.6) is 0 Å². The molecule has 1 aliphatic rings. The van der Waals surface area contributed by atoms with Gasteiger partial charge < -0.3 is 14.9 Å². The molecule has 136 valence electrons. The number of carbonyl (C=O) groups is 2. The van der Waals surface area contributed by atoms with Gasteiger partial charge in [-0.1, -0.05) is 30.3 Å². The molecule has 0 spiro atoms. The summed E-state index contributed by atoms with van der Waals surface area (Å²) in [5.41, 5.74) is 2.93. The van der Waals surface area contributed by atoms with Crippen molar-refractivity contribution >= 4 is 17.6 Å². The number of fused-ring (bicyclic) bond motifs is 1. The number of amides is 1. The highest BCUT2D eigenvalue weighted by molar-refractivity contribution is 6.00. The molecule has 0 radical (unpaired) electrons. The van der Waals surface area contributed by atoms with E-state index in [-0.39, 0.29) is 11.9 Å². The molecular formula is C21H24N2O3. The zero-order valence-corrected chi connectivity index (χ0v) is 15.5. The van der Waals surface area contributed by atoms with Gasteiger partial charge in [0.15, 0.2) is 0 Å². The van der Waals surface area contributed by atoms with Crippen molar-refractivity contribution < 1.29 is 14.7 Å². The highest BCUT2D eigenvalue weighted by Crippen LogP contribution is 2.44. The van der Waals surface area contributed by atoms with Gasteiger partial charge >= 0.3 is 5.97 Å². The monoisotopic (exact) mass is 352 g/mol. The first kappa shape index (κ1) is 18.0.